The minimum atomic E-state index is -3.66. The lowest BCUT2D eigenvalue weighted by Gasteiger charge is -2.20. The maximum absolute atomic E-state index is 11.9. The lowest BCUT2D eigenvalue weighted by molar-refractivity contribution is -0.670. The van der Waals surface area contributed by atoms with Crippen LogP contribution in [0.25, 0.3) is 0 Å². The van der Waals surface area contributed by atoms with E-state index in [1.165, 1.54) is 12.1 Å². The molecule has 0 radical (unpaired) electrons. The summed E-state index contributed by atoms with van der Waals surface area (Å²) in [4.78, 5) is 12.1. The minimum Gasteiger partial charge on any atom is -0.493 e. The van der Waals surface area contributed by atoms with E-state index in [9.17, 15) is 13.2 Å². The molecule has 2 rings (SSSR count). The van der Waals surface area contributed by atoms with Crippen molar-refractivity contribution in [2.24, 2.45) is 5.14 Å². The zero-order chi connectivity index (χ0) is 23.1. The molecule has 0 aromatic heterocycles. The molecule has 0 atom stereocenters. The average Bonchev–Trinajstić information content (AvgIpc) is 2.68. The molecule has 0 aliphatic carbocycles. The molecule has 9 heteroatoms. The monoisotopic (exact) mass is 450 g/mol. The summed E-state index contributed by atoms with van der Waals surface area (Å²) in [6, 6.07) is 12.2. The molecule has 0 saturated heterocycles. The van der Waals surface area contributed by atoms with E-state index >= 15 is 0 Å². The van der Waals surface area contributed by atoms with Gasteiger partial charge in [-0.2, -0.15) is 0 Å². The van der Waals surface area contributed by atoms with Crippen molar-refractivity contribution in [2.45, 2.75) is 44.2 Å². The van der Waals surface area contributed by atoms with Gasteiger partial charge < -0.3 is 20.1 Å². The van der Waals surface area contributed by atoms with Gasteiger partial charge in [-0.15, -0.1) is 0 Å². The summed E-state index contributed by atoms with van der Waals surface area (Å²) < 4.78 is 33.6. The molecule has 0 saturated carbocycles. The second-order valence-corrected chi connectivity index (χ2v) is 9.85. The van der Waals surface area contributed by atoms with Crippen LogP contribution >= 0.6 is 0 Å². The summed E-state index contributed by atoms with van der Waals surface area (Å²) in [6.45, 7) is 7.24. The number of nitrogens with two attached hydrogens (primary N) is 2. The van der Waals surface area contributed by atoms with Crippen LogP contribution in [0, 0.1) is 0 Å². The van der Waals surface area contributed by atoms with Crippen LogP contribution in [-0.4, -0.2) is 40.1 Å². The number of amides is 1. The predicted molar refractivity (Wildman–Crippen MR) is 118 cm³/mol. The first-order valence-corrected chi connectivity index (χ1v) is 11.6. The molecular formula is C22H32N3O5S+. The lowest BCUT2D eigenvalue weighted by Crippen LogP contribution is -2.83. The molecule has 5 N–H and O–H groups in total. The van der Waals surface area contributed by atoms with Gasteiger partial charge >= 0.3 is 0 Å². The van der Waals surface area contributed by atoms with Crippen LogP contribution in [0.15, 0.2) is 47.4 Å². The second-order valence-electron chi connectivity index (χ2n) is 8.29. The second kappa shape index (κ2) is 10.6. The number of hydrogen-bond acceptors (Lipinski definition) is 5. The van der Waals surface area contributed by atoms with Crippen molar-refractivity contribution in [2.75, 3.05) is 20.3 Å². The molecular weight excluding hydrogens is 418 g/mol. The molecule has 2 aromatic carbocycles. The highest BCUT2D eigenvalue weighted by atomic mass is 32.2. The Hall–Kier alpha value is -2.62. The predicted octanol–water partition coefficient (Wildman–Crippen LogP) is 0.942. The van der Waals surface area contributed by atoms with Gasteiger partial charge in [0.1, 0.15) is 6.54 Å². The van der Waals surface area contributed by atoms with E-state index in [0.29, 0.717) is 11.5 Å². The number of hydrogen-bond donors (Lipinski definition) is 3. The van der Waals surface area contributed by atoms with E-state index in [4.69, 9.17) is 14.6 Å². The molecule has 8 nitrogen and oxygen atoms in total. The molecule has 0 spiro atoms. The molecule has 0 aliphatic heterocycles. The van der Waals surface area contributed by atoms with Crippen molar-refractivity contribution in [3.63, 3.8) is 0 Å². The van der Waals surface area contributed by atoms with E-state index in [-0.39, 0.29) is 22.9 Å². The Labute approximate surface area is 184 Å². The van der Waals surface area contributed by atoms with Gasteiger partial charge in [-0.3, -0.25) is 4.79 Å². The molecule has 0 heterocycles. The maximum Gasteiger partial charge on any atom is 0.258 e. The number of sulfonamides is 1. The third kappa shape index (κ3) is 8.56. The summed E-state index contributed by atoms with van der Waals surface area (Å²) >= 11 is 0. The van der Waals surface area contributed by atoms with Gasteiger partial charge in [-0.05, 0) is 56.7 Å². The number of primary sulfonamides is 1. The van der Waals surface area contributed by atoms with Crippen molar-refractivity contribution in [1.29, 1.82) is 0 Å². The van der Waals surface area contributed by atoms with E-state index in [1.807, 2.05) is 32.9 Å². The van der Waals surface area contributed by atoms with Gasteiger partial charge in [0, 0.05) is 17.5 Å². The number of ether oxygens (including phenoxy) is 2. The normalized spacial score (nSPS) is 11.8. The number of carbonyl (C=O) groups excluding carboxylic acids is 1. The van der Waals surface area contributed by atoms with E-state index in [2.05, 4.69) is 10.6 Å². The topological polar surface area (TPSA) is 124 Å². The summed E-state index contributed by atoms with van der Waals surface area (Å²) in [5.41, 5.74) is 1.79. The molecule has 0 fully saturated rings. The van der Waals surface area contributed by atoms with Crippen molar-refractivity contribution >= 4 is 15.9 Å². The first-order chi connectivity index (χ1) is 14.5. The number of benzene rings is 2. The van der Waals surface area contributed by atoms with Crippen LogP contribution in [0.2, 0.25) is 0 Å². The number of nitrogens with one attached hydrogen (secondary N) is 1. The average molecular weight is 451 g/mol. The molecule has 1 amide bonds. The van der Waals surface area contributed by atoms with E-state index in [1.54, 1.807) is 25.3 Å². The van der Waals surface area contributed by atoms with Crippen molar-refractivity contribution in [3.8, 4) is 11.5 Å². The van der Waals surface area contributed by atoms with E-state index < -0.39 is 10.0 Å². The fourth-order valence-corrected chi connectivity index (χ4v) is 3.45. The highest BCUT2D eigenvalue weighted by Crippen LogP contribution is 2.27. The van der Waals surface area contributed by atoms with Crippen molar-refractivity contribution < 1.29 is 28.0 Å². The number of rotatable bonds is 10. The first-order valence-electron chi connectivity index (χ1n) is 10.0. The van der Waals surface area contributed by atoms with Gasteiger partial charge in [0.05, 0.1) is 18.6 Å². The quantitative estimate of drug-likeness (QED) is 0.465. The van der Waals surface area contributed by atoms with Crippen molar-refractivity contribution in [1.82, 2.24) is 5.32 Å². The summed E-state index contributed by atoms with van der Waals surface area (Å²) in [7, 11) is -2.09. The Morgan fingerprint density at radius 1 is 1.06 bits per heavy atom. The Morgan fingerprint density at radius 2 is 1.71 bits per heavy atom. The minimum absolute atomic E-state index is 0.0800. The van der Waals surface area contributed by atoms with Crippen molar-refractivity contribution in [3.05, 3.63) is 53.6 Å². The summed E-state index contributed by atoms with van der Waals surface area (Å²) in [5.74, 6) is 0.905. The third-order valence-corrected chi connectivity index (χ3v) is 5.30. The van der Waals surface area contributed by atoms with Gasteiger partial charge in [-0.1, -0.05) is 12.1 Å². The largest absolute Gasteiger partial charge is 0.493 e. The molecule has 31 heavy (non-hydrogen) atoms. The Morgan fingerprint density at radius 3 is 2.29 bits per heavy atom. The number of quaternary nitrogens is 1. The Kier molecular flexibility index (Phi) is 8.43. The molecule has 0 aliphatic rings. The van der Waals surface area contributed by atoms with E-state index in [0.717, 1.165) is 30.6 Å². The van der Waals surface area contributed by atoms with Gasteiger partial charge in [0.15, 0.2) is 18.1 Å². The first kappa shape index (κ1) is 24.6. The Balaban J connectivity index is 1.84. The van der Waals surface area contributed by atoms with Gasteiger partial charge in [0.2, 0.25) is 10.0 Å². The highest BCUT2D eigenvalue weighted by molar-refractivity contribution is 7.89. The van der Waals surface area contributed by atoms with Crippen LogP contribution in [-0.2, 0) is 27.8 Å². The fraction of sp³-hybridized carbons (Fsp3) is 0.409. The van der Waals surface area contributed by atoms with Crippen LogP contribution in [0.5, 0.6) is 11.5 Å². The SMILES string of the molecule is COc1cc(C[NH2+]CCc2ccc(S(N)(=O)=O)cc2)ccc1OCC(=O)NC(C)(C)C. The van der Waals surface area contributed by atoms with Crippen LogP contribution in [0.4, 0.5) is 0 Å². The third-order valence-electron chi connectivity index (χ3n) is 4.37. The molecule has 0 bridgehead atoms. The maximum atomic E-state index is 11.9. The highest BCUT2D eigenvalue weighted by Gasteiger charge is 2.15. The zero-order valence-corrected chi connectivity index (χ0v) is 19.3. The fourth-order valence-electron chi connectivity index (χ4n) is 2.94. The molecule has 170 valence electrons. The van der Waals surface area contributed by atoms with Gasteiger partial charge in [-0.25, -0.2) is 13.6 Å². The molecule has 0 unspecified atom stereocenters. The van der Waals surface area contributed by atoms with Crippen LogP contribution in [0.3, 0.4) is 0 Å². The van der Waals surface area contributed by atoms with Crippen LogP contribution < -0.4 is 25.2 Å². The lowest BCUT2D eigenvalue weighted by atomic mass is 10.1. The molecule has 2 aromatic rings. The van der Waals surface area contributed by atoms with Gasteiger partial charge in [0.25, 0.3) is 5.91 Å². The smallest absolute Gasteiger partial charge is 0.258 e. The van der Waals surface area contributed by atoms with Crippen LogP contribution in [0.1, 0.15) is 31.9 Å². The number of carbonyl (C=O) groups is 1. The standard InChI is InChI=1S/C22H31N3O5S/c1-22(2,3)25-21(26)15-30-19-10-7-17(13-20(19)29-4)14-24-12-11-16-5-8-18(9-6-16)31(23,27)28/h5-10,13,24H,11-12,14-15H2,1-4H3,(H,25,26)(H2,23,27,28)/p+1. The number of methoxy groups -OCH3 is 1. The zero-order valence-electron chi connectivity index (χ0n) is 18.5. The summed E-state index contributed by atoms with van der Waals surface area (Å²) in [5, 5.41) is 10.1. The summed E-state index contributed by atoms with van der Waals surface area (Å²) in [6.07, 6.45) is 0.798. The Bertz CT molecular complexity index is 983.